The topological polar surface area (TPSA) is 52.7 Å². The average molecular weight is 343 g/mol. The molecule has 2 aliphatic rings. The van der Waals surface area contributed by atoms with E-state index in [9.17, 15) is 9.59 Å². The first-order valence-electron chi connectivity index (χ1n) is 9.54. The standard InChI is InChI=1S/C20H29N3O2/c24-19(21-15-20(25)23-12-4-5-13-23)16-22-11-6-9-18(10-14-22)17-7-2-1-3-8-17/h1-3,7-8,18H,4-6,9-16H2,(H,21,24)/t18-/m0/s1. The molecule has 0 unspecified atom stereocenters. The van der Waals surface area contributed by atoms with Crippen molar-refractivity contribution in [2.75, 3.05) is 39.3 Å². The van der Waals surface area contributed by atoms with Crippen molar-refractivity contribution in [2.45, 2.75) is 38.0 Å². The van der Waals surface area contributed by atoms with Crippen LogP contribution >= 0.6 is 0 Å². The molecule has 0 spiro atoms. The van der Waals surface area contributed by atoms with Crippen LogP contribution in [0.15, 0.2) is 30.3 Å². The maximum atomic E-state index is 12.2. The minimum atomic E-state index is -0.0364. The highest BCUT2D eigenvalue weighted by Crippen LogP contribution is 2.27. The Morgan fingerprint density at radius 3 is 2.48 bits per heavy atom. The van der Waals surface area contributed by atoms with Crippen LogP contribution in [-0.4, -0.2) is 60.9 Å². The van der Waals surface area contributed by atoms with Gasteiger partial charge in [-0.3, -0.25) is 14.5 Å². The van der Waals surface area contributed by atoms with E-state index in [0.717, 1.165) is 51.9 Å². The molecule has 0 radical (unpaired) electrons. The highest BCUT2D eigenvalue weighted by molar-refractivity contribution is 5.85. The van der Waals surface area contributed by atoms with Gasteiger partial charge in [0.1, 0.15) is 0 Å². The summed E-state index contributed by atoms with van der Waals surface area (Å²) in [5.41, 5.74) is 1.41. The summed E-state index contributed by atoms with van der Waals surface area (Å²) in [5.74, 6) is 0.600. The first-order chi connectivity index (χ1) is 12.2. The van der Waals surface area contributed by atoms with Gasteiger partial charge in [-0.1, -0.05) is 30.3 Å². The molecule has 1 aromatic rings. The average Bonchev–Trinajstić information content (AvgIpc) is 3.08. The second-order valence-electron chi connectivity index (χ2n) is 7.18. The molecule has 136 valence electrons. The Morgan fingerprint density at radius 1 is 0.960 bits per heavy atom. The minimum Gasteiger partial charge on any atom is -0.346 e. The maximum Gasteiger partial charge on any atom is 0.241 e. The summed E-state index contributed by atoms with van der Waals surface area (Å²) < 4.78 is 0. The van der Waals surface area contributed by atoms with Crippen molar-refractivity contribution >= 4 is 11.8 Å². The first kappa shape index (κ1) is 17.9. The van der Waals surface area contributed by atoms with Crippen LogP contribution in [-0.2, 0) is 9.59 Å². The Labute approximate surface area is 150 Å². The Kier molecular flexibility index (Phi) is 6.45. The third kappa shape index (κ3) is 5.30. The molecule has 2 fully saturated rings. The number of rotatable bonds is 5. The lowest BCUT2D eigenvalue weighted by atomic mass is 9.92. The van der Waals surface area contributed by atoms with E-state index in [-0.39, 0.29) is 18.4 Å². The number of hydrogen-bond donors (Lipinski definition) is 1. The van der Waals surface area contributed by atoms with E-state index in [1.165, 1.54) is 12.0 Å². The molecule has 1 N–H and O–H groups in total. The summed E-state index contributed by atoms with van der Waals surface area (Å²) in [5, 5.41) is 2.80. The van der Waals surface area contributed by atoms with Crippen LogP contribution in [0.1, 0.15) is 43.6 Å². The number of amides is 2. The Bertz CT molecular complexity index is 570. The zero-order valence-electron chi connectivity index (χ0n) is 15.0. The number of nitrogens with zero attached hydrogens (tertiary/aromatic N) is 2. The fraction of sp³-hybridized carbons (Fsp3) is 0.600. The molecule has 1 atom stereocenters. The lowest BCUT2D eigenvalue weighted by Crippen LogP contribution is -2.43. The van der Waals surface area contributed by atoms with E-state index in [2.05, 4.69) is 40.5 Å². The van der Waals surface area contributed by atoms with E-state index >= 15 is 0 Å². The van der Waals surface area contributed by atoms with Crippen LogP contribution in [0.3, 0.4) is 0 Å². The number of carbonyl (C=O) groups excluding carboxylic acids is 2. The van der Waals surface area contributed by atoms with Gasteiger partial charge in [-0.05, 0) is 56.7 Å². The van der Waals surface area contributed by atoms with Gasteiger partial charge in [0.05, 0.1) is 13.1 Å². The zero-order chi connectivity index (χ0) is 17.5. The Balaban J connectivity index is 1.40. The van der Waals surface area contributed by atoms with Crippen LogP contribution in [0.5, 0.6) is 0 Å². The smallest absolute Gasteiger partial charge is 0.241 e. The number of hydrogen-bond acceptors (Lipinski definition) is 3. The fourth-order valence-corrected chi connectivity index (χ4v) is 3.88. The van der Waals surface area contributed by atoms with Crippen molar-refractivity contribution in [1.29, 1.82) is 0 Å². The molecule has 2 saturated heterocycles. The van der Waals surface area contributed by atoms with E-state index in [0.29, 0.717) is 12.5 Å². The van der Waals surface area contributed by atoms with Gasteiger partial charge < -0.3 is 10.2 Å². The van der Waals surface area contributed by atoms with Crippen molar-refractivity contribution in [3.63, 3.8) is 0 Å². The number of likely N-dealkylation sites (tertiary alicyclic amines) is 2. The molecular formula is C20H29N3O2. The van der Waals surface area contributed by atoms with Crippen molar-refractivity contribution in [3.8, 4) is 0 Å². The first-order valence-corrected chi connectivity index (χ1v) is 9.54. The quantitative estimate of drug-likeness (QED) is 0.890. The molecule has 2 aliphatic heterocycles. The molecule has 0 saturated carbocycles. The highest BCUT2D eigenvalue weighted by atomic mass is 16.2. The lowest BCUT2D eigenvalue weighted by molar-refractivity contribution is -0.132. The van der Waals surface area contributed by atoms with E-state index in [4.69, 9.17) is 0 Å². The van der Waals surface area contributed by atoms with Gasteiger partial charge >= 0.3 is 0 Å². The number of nitrogens with one attached hydrogen (secondary N) is 1. The molecule has 0 aliphatic carbocycles. The molecule has 0 bridgehead atoms. The summed E-state index contributed by atoms with van der Waals surface area (Å²) in [7, 11) is 0. The van der Waals surface area contributed by atoms with Crippen LogP contribution in [0.4, 0.5) is 0 Å². The van der Waals surface area contributed by atoms with Gasteiger partial charge in [-0.2, -0.15) is 0 Å². The summed E-state index contributed by atoms with van der Waals surface area (Å²) in [6.45, 7) is 4.10. The van der Waals surface area contributed by atoms with Gasteiger partial charge in [0.2, 0.25) is 11.8 Å². The number of carbonyl (C=O) groups is 2. The van der Waals surface area contributed by atoms with Gasteiger partial charge in [0.15, 0.2) is 0 Å². The third-order valence-corrected chi connectivity index (χ3v) is 5.35. The molecule has 2 amide bonds. The third-order valence-electron chi connectivity index (χ3n) is 5.35. The summed E-state index contributed by atoms with van der Waals surface area (Å²) >= 11 is 0. The summed E-state index contributed by atoms with van der Waals surface area (Å²) in [4.78, 5) is 28.2. The fourth-order valence-electron chi connectivity index (χ4n) is 3.88. The Morgan fingerprint density at radius 2 is 1.72 bits per heavy atom. The SMILES string of the molecule is O=C(CN1CCC[C@H](c2ccccc2)CC1)NCC(=O)N1CCCC1. The Hall–Kier alpha value is -1.88. The summed E-state index contributed by atoms with van der Waals surface area (Å²) in [6, 6.07) is 10.7. The van der Waals surface area contributed by atoms with Crippen LogP contribution in [0.25, 0.3) is 0 Å². The minimum absolute atomic E-state index is 0.0364. The van der Waals surface area contributed by atoms with Gasteiger partial charge in [-0.15, -0.1) is 0 Å². The molecule has 2 heterocycles. The largest absolute Gasteiger partial charge is 0.346 e. The molecule has 25 heavy (non-hydrogen) atoms. The molecule has 3 rings (SSSR count). The molecule has 5 heteroatoms. The zero-order valence-corrected chi connectivity index (χ0v) is 15.0. The van der Waals surface area contributed by atoms with Crippen molar-refractivity contribution in [3.05, 3.63) is 35.9 Å². The lowest BCUT2D eigenvalue weighted by Gasteiger charge is -2.20. The van der Waals surface area contributed by atoms with E-state index < -0.39 is 0 Å². The molecular weight excluding hydrogens is 314 g/mol. The predicted molar refractivity (Wildman–Crippen MR) is 98.3 cm³/mol. The van der Waals surface area contributed by atoms with Crippen LogP contribution in [0.2, 0.25) is 0 Å². The van der Waals surface area contributed by atoms with Gasteiger partial charge in [-0.25, -0.2) is 0 Å². The van der Waals surface area contributed by atoms with Crippen molar-refractivity contribution < 1.29 is 9.59 Å². The second kappa shape index (κ2) is 8.99. The van der Waals surface area contributed by atoms with Crippen LogP contribution in [0, 0.1) is 0 Å². The predicted octanol–water partition coefficient (Wildman–Crippen LogP) is 1.99. The van der Waals surface area contributed by atoms with E-state index in [1.54, 1.807) is 0 Å². The number of benzene rings is 1. The second-order valence-corrected chi connectivity index (χ2v) is 7.18. The molecule has 1 aromatic carbocycles. The van der Waals surface area contributed by atoms with Crippen LogP contribution < -0.4 is 5.32 Å². The van der Waals surface area contributed by atoms with Crippen molar-refractivity contribution in [2.24, 2.45) is 0 Å². The van der Waals surface area contributed by atoms with E-state index in [1.807, 2.05) is 4.90 Å². The van der Waals surface area contributed by atoms with Crippen molar-refractivity contribution in [1.82, 2.24) is 15.1 Å². The normalized spacial score (nSPS) is 21.8. The summed E-state index contributed by atoms with van der Waals surface area (Å²) in [6.07, 6.45) is 5.53. The molecule has 0 aromatic heterocycles. The van der Waals surface area contributed by atoms with Gasteiger partial charge in [0.25, 0.3) is 0 Å². The highest BCUT2D eigenvalue weighted by Gasteiger charge is 2.21. The maximum absolute atomic E-state index is 12.2. The van der Waals surface area contributed by atoms with Gasteiger partial charge in [0, 0.05) is 13.1 Å². The molecule has 5 nitrogen and oxygen atoms in total. The monoisotopic (exact) mass is 343 g/mol.